The summed E-state index contributed by atoms with van der Waals surface area (Å²) >= 11 is 0. The molecule has 0 aliphatic carbocycles. The van der Waals surface area contributed by atoms with Crippen molar-refractivity contribution in [3.63, 3.8) is 0 Å². The number of benzene rings is 1. The van der Waals surface area contributed by atoms with Crippen LogP contribution in [-0.2, 0) is 28.5 Å². The van der Waals surface area contributed by atoms with E-state index in [1.54, 1.807) is 12.5 Å². The Morgan fingerprint density at radius 2 is 1.96 bits per heavy atom. The summed E-state index contributed by atoms with van der Waals surface area (Å²) in [5.41, 5.74) is 0.603. The van der Waals surface area contributed by atoms with Crippen molar-refractivity contribution in [2.24, 2.45) is 5.16 Å². The number of imidazole rings is 1. The number of aromatic nitrogens is 2. The molecule has 0 atom stereocenters. The predicted octanol–water partition coefficient (Wildman–Crippen LogP) is 2.93. The lowest BCUT2D eigenvalue weighted by Crippen LogP contribution is -2.38. The van der Waals surface area contributed by atoms with Gasteiger partial charge in [-0.3, -0.25) is 0 Å². The molecule has 1 saturated heterocycles. The van der Waals surface area contributed by atoms with Crippen molar-refractivity contribution in [3.8, 4) is 0 Å². The zero-order valence-electron chi connectivity index (χ0n) is 15.5. The van der Waals surface area contributed by atoms with Gasteiger partial charge in [-0.15, -0.1) is 0 Å². The number of hydrogen-bond donors (Lipinski definition) is 1. The minimum Gasteiger partial charge on any atom is -0.391 e. The highest BCUT2D eigenvalue weighted by atomic mass is 32.2. The molecule has 3 rings (SSSR count). The van der Waals surface area contributed by atoms with E-state index in [-0.39, 0.29) is 0 Å². The molecule has 1 aliphatic rings. The zero-order chi connectivity index (χ0) is 19.8. The molecule has 0 bridgehead atoms. The van der Waals surface area contributed by atoms with Crippen molar-refractivity contribution in [1.82, 2.24) is 14.9 Å². The van der Waals surface area contributed by atoms with Crippen LogP contribution >= 0.6 is 0 Å². The normalized spacial score (nSPS) is 16.3. The van der Waals surface area contributed by atoms with E-state index in [1.807, 2.05) is 10.8 Å². The van der Waals surface area contributed by atoms with Crippen LogP contribution in [-0.4, -0.2) is 52.2 Å². The van der Waals surface area contributed by atoms with Crippen molar-refractivity contribution in [1.29, 1.82) is 0 Å². The van der Waals surface area contributed by atoms with Crippen LogP contribution in [0.2, 0.25) is 0 Å². The Bertz CT molecular complexity index is 742. The van der Waals surface area contributed by atoms with Crippen LogP contribution in [0.15, 0.2) is 48.1 Å². The van der Waals surface area contributed by atoms with E-state index in [1.165, 1.54) is 23.6 Å². The molecule has 1 fully saturated rings. The van der Waals surface area contributed by atoms with Crippen molar-refractivity contribution >= 4 is 16.6 Å². The Kier molecular flexibility index (Phi) is 7.38. The molecule has 0 spiro atoms. The lowest BCUT2D eigenvalue weighted by atomic mass is 10.1. The maximum Gasteiger partial charge on any atom is 0.416 e. The Labute approximate surface area is 165 Å². The van der Waals surface area contributed by atoms with E-state index in [0.29, 0.717) is 41.7 Å². The van der Waals surface area contributed by atoms with Gasteiger partial charge in [0.05, 0.1) is 17.6 Å². The highest BCUT2D eigenvalue weighted by molar-refractivity contribution is 7.96. The summed E-state index contributed by atoms with van der Waals surface area (Å²) in [5.74, 6) is 3.30. The van der Waals surface area contributed by atoms with Gasteiger partial charge in [0.15, 0.2) is 6.61 Å². The van der Waals surface area contributed by atoms with Crippen LogP contribution in [0.1, 0.15) is 17.5 Å². The Hall–Kier alpha value is -2.00. The fourth-order valence-corrected chi connectivity index (χ4v) is 4.68. The average molecular weight is 413 g/mol. The van der Waals surface area contributed by atoms with E-state index in [0.717, 1.165) is 31.0 Å². The molecule has 2 heterocycles. The molecule has 28 heavy (non-hydrogen) atoms. The van der Waals surface area contributed by atoms with Gasteiger partial charge in [0.2, 0.25) is 0 Å². The minimum absolute atomic E-state index is 0.361. The molecule has 1 aliphatic heterocycles. The number of nitrogens with zero attached hydrogens (tertiary/aromatic N) is 3. The van der Waals surface area contributed by atoms with Gasteiger partial charge in [-0.1, -0.05) is 17.3 Å². The van der Waals surface area contributed by atoms with Crippen LogP contribution in [0.3, 0.4) is 0 Å². The monoisotopic (exact) mass is 413 g/mol. The van der Waals surface area contributed by atoms with Gasteiger partial charge >= 0.3 is 6.18 Å². The second-order valence-corrected chi connectivity index (χ2v) is 8.92. The molecular weight excluding hydrogens is 389 g/mol. The standard InChI is InChI=1S/C19H24F3N4OS/c20-19(21,22)17-3-1-16(2-4-17)18(5-9-26-10-6-24-15-26)25-27-11-14-28-12-7-23-8-13-28/h1-4,6,10,15,23H,5,7-9,11-14H2/q+1. The van der Waals surface area contributed by atoms with Gasteiger partial charge in [0.1, 0.15) is 17.3 Å². The highest BCUT2D eigenvalue weighted by Crippen LogP contribution is 2.29. The Balaban J connectivity index is 1.63. The Morgan fingerprint density at radius 3 is 2.61 bits per heavy atom. The third kappa shape index (κ3) is 6.27. The van der Waals surface area contributed by atoms with Crippen molar-refractivity contribution in [3.05, 3.63) is 54.1 Å². The number of halogens is 3. The second kappa shape index (κ2) is 9.97. The number of alkyl halides is 3. The predicted molar refractivity (Wildman–Crippen MR) is 106 cm³/mol. The summed E-state index contributed by atoms with van der Waals surface area (Å²) in [6.45, 7) is 3.25. The first kappa shape index (κ1) is 20.7. The van der Waals surface area contributed by atoms with Crippen LogP contribution < -0.4 is 5.32 Å². The molecule has 0 unspecified atom stereocenters. The first-order valence-corrected chi connectivity index (χ1v) is 10.9. The second-order valence-electron chi connectivity index (χ2n) is 6.47. The molecule has 0 radical (unpaired) electrons. The summed E-state index contributed by atoms with van der Waals surface area (Å²) < 4.78 is 40.3. The van der Waals surface area contributed by atoms with E-state index in [9.17, 15) is 13.2 Å². The number of rotatable bonds is 8. The molecule has 5 nitrogen and oxygen atoms in total. The summed E-state index contributed by atoms with van der Waals surface area (Å²) in [4.78, 5) is 9.55. The average Bonchev–Trinajstić information content (AvgIpc) is 3.21. The molecule has 1 aromatic carbocycles. The van der Waals surface area contributed by atoms with Gasteiger partial charge in [0, 0.05) is 38.4 Å². The lowest BCUT2D eigenvalue weighted by molar-refractivity contribution is -0.137. The largest absolute Gasteiger partial charge is 0.416 e. The maximum atomic E-state index is 12.8. The van der Waals surface area contributed by atoms with E-state index < -0.39 is 11.7 Å². The summed E-state index contributed by atoms with van der Waals surface area (Å²) in [7, 11) is 0.361. The maximum absolute atomic E-state index is 12.8. The molecule has 0 saturated carbocycles. The van der Waals surface area contributed by atoms with Crippen molar-refractivity contribution in [2.75, 3.05) is 37.0 Å². The van der Waals surface area contributed by atoms with Gasteiger partial charge in [0.25, 0.3) is 0 Å². The van der Waals surface area contributed by atoms with Crippen LogP contribution in [0.5, 0.6) is 0 Å². The first-order chi connectivity index (χ1) is 13.5. The number of oxime groups is 1. The van der Waals surface area contributed by atoms with E-state index in [4.69, 9.17) is 4.84 Å². The van der Waals surface area contributed by atoms with E-state index >= 15 is 0 Å². The fraction of sp³-hybridized carbons (Fsp3) is 0.474. The van der Waals surface area contributed by atoms with Crippen LogP contribution in [0, 0.1) is 0 Å². The molecule has 152 valence electrons. The molecule has 2 aromatic rings. The van der Waals surface area contributed by atoms with Gasteiger partial charge in [-0.25, -0.2) is 4.98 Å². The number of hydrogen-bond acceptors (Lipinski definition) is 4. The molecular formula is C19H24F3N4OS+. The third-order valence-corrected chi connectivity index (χ3v) is 6.79. The van der Waals surface area contributed by atoms with Gasteiger partial charge in [-0.2, -0.15) is 13.2 Å². The van der Waals surface area contributed by atoms with Gasteiger partial charge in [-0.05, 0) is 28.6 Å². The van der Waals surface area contributed by atoms with Crippen LogP contribution in [0.25, 0.3) is 0 Å². The topological polar surface area (TPSA) is 51.4 Å². The fourth-order valence-electron chi connectivity index (χ4n) is 2.89. The SMILES string of the molecule is FC(F)(F)c1ccc(C(CCn2ccnc2)=NOCC[S+]2CCNCC2)cc1. The molecule has 1 N–H and O–H groups in total. The zero-order valence-corrected chi connectivity index (χ0v) is 16.3. The van der Waals surface area contributed by atoms with Crippen molar-refractivity contribution in [2.45, 2.75) is 19.1 Å². The lowest BCUT2D eigenvalue weighted by Gasteiger charge is -2.14. The van der Waals surface area contributed by atoms with Crippen LogP contribution in [0.4, 0.5) is 13.2 Å². The smallest absolute Gasteiger partial charge is 0.391 e. The highest BCUT2D eigenvalue weighted by Gasteiger charge is 2.30. The third-order valence-electron chi connectivity index (χ3n) is 4.48. The Morgan fingerprint density at radius 1 is 1.21 bits per heavy atom. The summed E-state index contributed by atoms with van der Waals surface area (Å²) in [6.07, 6.45) is 1.41. The summed E-state index contributed by atoms with van der Waals surface area (Å²) in [5, 5.41) is 7.60. The molecule has 9 heteroatoms. The quantitative estimate of drug-likeness (QED) is 0.313. The van der Waals surface area contributed by atoms with Crippen molar-refractivity contribution < 1.29 is 18.0 Å². The minimum atomic E-state index is -4.35. The molecule has 0 amide bonds. The van der Waals surface area contributed by atoms with Gasteiger partial charge < -0.3 is 14.7 Å². The molecule has 1 aromatic heterocycles. The first-order valence-electron chi connectivity index (χ1n) is 9.19. The van der Waals surface area contributed by atoms with E-state index in [2.05, 4.69) is 15.5 Å². The summed E-state index contributed by atoms with van der Waals surface area (Å²) in [6, 6.07) is 5.07. The number of aryl methyl sites for hydroxylation is 1. The number of nitrogens with one attached hydrogen (secondary N) is 1.